The standard InChI is InChI=1S/C21H32FN5O10/c1-9(2)4-12(19(35)25-11(6-17(31)32)15(29)8-22)26-20(36)13(5-16(23)30)27-21(37)14(7-18(33)34)24-10(3)28/h9,11-14H,4-8H2,1-3H3,(H2,23,30)(H,24,28)(H,25,35)(H,26,36)(H,27,37)(H,31,32)(H,33,34)/t11-,12-,13-,14-/m0/s1. The molecular formula is C21H32FN5O10. The molecule has 16 heteroatoms. The van der Waals surface area contributed by atoms with Gasteiger partial charge in [0.15, 0.2) is 5.78 Å². The Kier molecular flexibility index (Phi) is 14.0. The highest BCUT2D eigenvalue weighted by Gasteiger charge is 2.33. The fourth-order valence-corrected chi connectivity index (χ4v) is 3.07. The number of nitrogens with two attached hydrogens (primary N) is 1. The molecule has 37 heavy (non-hydrogen) atoms. The van der Waals surface area contributed by atoms with Gasteiger partial charge in [-0.3, -0.25) is 38.4 Å². The van der Waals surface area contributed by atoms with E-state index in [-0.39, 0.29) is 12.3 Å². The molecule has 208 valence electrons. The number of primary amides is 1. The van der Waals surface area contributed by atoms with E-state index < -0.39 is 97.4 Å². The van der Waals surface area contributed by atoms with Gasteiger partial charge in [-0.05, 0) is 12.3 Å². The normalized spacial score (nSPS) is 13.9. The second-order valence-electron chi connectivity index (χ2n) is 8.53. The minimum atomic E-state index is -1.71. The molecular weight excluding hydrogens is 501 g/mol. The number of amides is 5. The smallest absolute Gasteiger partial charge is 0.305 e. The molecule has 0 unspecified atom stereocenters. The zero-order valence-electron chi connectivity index (χ0n) is 20.5. The molecule has 5 amide bonds. The molecule has 0 spiro atoms. The summed E-state index contributed by atoms with van der Waals surface area (Å²) in [6, 6.07) is -6.41. The van der Waals surface area contributed by atoms with Gasteiger partial charge in [0, 0.05) is 6.92 Å². The first-order valence-corrected chi connectivity index (χ1v) is 11.1. The zero-order valence-corrected chi connectivity index (χ0v) is 20.5. The highest BCUT2D eigenvalue weighted by atomic mass is 19.1. The number of carboxylic acid groups (broad SMARTS) is 2. The molecule has 0 heterocycles. The van der Waals surface area contributed by atoms with Gasteiger partial charge in [-0.2, -0.15) is 0 Å². The van der Waals surface area contributed by atoms with Crippen molar-refractivity contribution in [3.8, 4) is 0 Å². The number of Topliss-reactive ketones (excluding diaryl/α,β-unsaturated/α-hetero) is 1. The highest BCUT2D eigenvalue weighted by Crippen LogP contribution is 2.08. The SMILES string of the molecule is CC(=O)N[C@@H](CC(=O)O)C(=O)N[C@@H](CC(N)=O)C(=O)N[C@@H](CC(C)C)C(=O)N[C@@H](CC(=O)O)C(=O)CF. The second kappa shape index (κ2) is 15.8. The van der Waals surface area contributed by atoms with E-state index in [0.717, 1.165) is 6.92 Å². The lowest BCUT2D eigenvalue weighted by Gasteiger charge is -2.26. The Bertz CT molecular complexity index is 894. The third-order valence-corrected chi connectivity index (χ3v) is 4.67. The maximum absolute atomic E-state index is 12.9. The summed E-state index contributed by atoms with van der Waals surface area (Å²) in [7, 11) is 0. The van der Waals surface area contributed by atoms with Crippen molar-refractivity contribution in [2.24, 2.45) is 11.7 Å². The van der Waals surface area contributed by atoms with Crippen molar-refractivity contribution in [1.82, 2.24) is 21.3 Å². The van der Waals surface area contributed by atoms with Gasteiger partial charge < -0.3 is 37.2 Å². The average molecular weight is 534 g/mol. The summed E-state index contributed by atoms with van der Waals surface area (Å²) in [5, 5.41) is 26.4. The molecule has 0 aromatic heterocycles. The third-order valence-electron chi connectivity index (χ3n) is 4.67. The van der Waals surface area contributed by atoms with Crippen molar-refractivity contribution >= 4 is 47.3 Å². The molecule has 8 N–H and O–H groups in total. The van der Waals surface area contributed by atoms with Gasteiger partial charge in [-0.25, -0.2) is 4.39 Å². The Labute approximate surface area is 211 Å². The number of rotatable bonds is 17. The molecule has 0 rings (SSSR count). The van der Waals surface area contributed by atoms with Gasteiger partial charge >= 0.3 is 11.9 Å². The van der Waals surface area contributed by atoms with E-state index in [0.29, 0.717) is 0 Å². The maximum atomic E-state index is 12.9. The minimum Gasteiger partial charge on any atom is -0.481 e. The molecule has 15 nitrogen and oxygen atoms in total. The number of aliphatic carboxylic acids is 2. The lowest BCUT2D eigenvalue weighted by Crippen LogP contribution is -2.58. The first-order chi connectivity index (χ1) is 17.1. The predicted molar refractivity (Wildman–Crippen MR) is 122 cm³/mol. The first-order valence-electron chi connectivity index (χ1n) is 11.1. The Balaban J connectivity index is 5.82. The number of halogens is 1. The van der Waals surface area contributed by atoms with E-state index in [1.807, 2.05) is 0 Å². The molecule has 0 saturated carbocycles. The quantitative estimate of drug-likeness (QED) is 0.102. The Morgan fingerprint density at radius 1 is 0.703 bits per heavy atom. The number of hydrogen-bond donors (Lipinski definition) is 7. The van der Waals surface area contributed by atoms with E-state index in [9.17, 15) is 42.7 Å². The van der Waals surface area contributed by atoms with Gasteiger partial charge in [0.1, 0.15) is 30.8 Å². The van der Waals surface area contributed by atoms with Crippen molar-refractivity contribution in [3.63, 3.8) is 0 Å². The highest BCUT2D eigenvalue weighted by molar-refractivity contribution is 5.98. The van der Waals surface area contributed by atoms with Crippen molar-refractivity contribution in [1.29, 1.82) is 0 Å². The van der Waals surface area contributed by atoms with Crippen LogP contribution in [-0.4, -0.2) is 88.3 Å². The lowest BCUT2D eigenvalue weighted by atomic mass is 10.0. The van der Waals surface area contributed by atoms with E-state index in [2.05, 4.69) is 21.3 Å². The van der Waals surface area contributed by atoms with E-state index in [1.54, 1.807) is 13.8 Å². The van der Waals surface area contributed by atoms with E-state index in [1.165, 1.54) is 0 Å². The van der Waals surface area contributed by atoms with Crippen LogP contribution in [0.25, 0.3) is 0 Å². The Hall–Kier alpha value is -4.11. The summed E-state index contributed by atoms with van der Waals surface area (Å²) in [5.74, 6) is -9.43. The largest absolute Gasteiger partial charge is 0.481 e. The van der Waals surface area contributed by atoms with E-state index >= 15 is 0 Å². The van der Waals surface area contributed by atoms with Crippen LogP contribution in [0, 0.1) is 5.92 Å². The Morgan fingerprint density at radius 3 is 1.51 bits per heavy atom. The van der Waals surface area contributed by atoms with Crippen LogP contribution in [0.1, 0.15) is 46.5 Å². The van der Waals surface area contributed by atoms with Crippen LogP contribution in [0.15, 0.2) is 0 Å². The van der Waals surface area contributed by atoms with Gasteiger partial charge in [0.05, 0.1) is 19.3 Å². The van der Waals surface area contributed by atoms with Crippen LogP contribution in [0.5, 0.6) is 0 Å². The molecule has 0 aliphatic rings. The fraction of sp³-hybridized carbons (Fsp3) is 0.619. The second-order valence-corrected chi connectivity index (χ2v) is 8.53. The molecule has 0 bridgehead atoms. The molecule has 0 radical (unpaired) electrons. The van der Waals surface area contributed by atoms with Crippen molar-refractivity contribution in [2.75, 3.05) is 6.67 Å². The molecule has 0 aromatic rings. The molecule has 0 aliphatic heterocycles. The fourth-order valence-electron chi connectivity index (χ4n) is 3.07. The molecule has 0 saturated heterocycles. The number of ketones is 1. The first kappa shape index (κ1) is 32.9. The molecule has 4 atom stereocenters. The van der Waals surface area contributed by atoms with Gasteiger partial charge in [0.25, 0.3) is 0 Å². The van der Waals surface area contributed by atoms with Gasteiger partial charge in [0.2, 0.25) is 29.5 Å². The van der Waals surface area contributed by atoms with Crippen molar-refractivity contribution < 1.29 is 53.0 Å². The van der Waals surface area contributed by atoms with Crippen LogP contribution >= 0.6 is 0 Å². The van der Waals surface area contributed by atoms with Crippen LogP contribution in [0.2, 0.25) is 0 Å². The van der Waals surface area contributed by atoms with Crippen molar-refractivity contribution in [2.45, 2.75) is 70.6 Å². The summed E-state index contributed by atoms with van der Waals surface area (Å²) >= 11 is 0. The van der Waals surface area contributed by atoms with Crippen LogP contribution < -0.4 is 27.0 Å². The predicted octanol–water partition coefficient (Wildman–Crippen LogP) is -2.64. The lowest BCUT2D eigenvalue weighted by molar-refractivity contribution is -0.142. The number of carboxylic acids is 2. The number of carbonyl (C=O) groups is 8. The minimum absolute atomic E-state index is 0.0497. The van der Waals surface area contributed by atoms with Gasteiger partial charge in [-0.15, -0.1) is 0 Å². The monoisotopic (exact) mass is 533 g/mol. The summed E-state index contributed by atoms with van der Waals surface area (Å²) < 4.78 is 12.8. The summed E-state index contributed by atoms with van der Waals surface area (Å²) in [6.45, 7) is 2.81. The zero-order chi connectivity index (χ0) is 28.9. The maximum Gasteiger partial charge on any atom is 0.305 e. The van der Waals surface area contributed by atoms with Gasteiger partial charge in [-0.1, -0.05) is 13.8 Å². The number of nitrogens with one attached hydrogen (secondary N) is 4. The topological polar surface area (TPSA) is 251 Å². The average Bonchev–Trinajstić information content (AvgIpc) is 2.74. The summed E-state index contributed by atoms with van der Waals surface area (Å²) in [5.41, 5.74) is 5.13. The number of carbonyl (C=O) groups excluding carboxylic acids is 6. The summed E-state index contributed by atoms with van der Waals surface area (Å²) in [6.07, 6.45) is -2.57. The Morgan fingerprint density at radius 2 is 1.11 bits per heavy atom. The third kappa shape index (κ3) is 13.5. The summed E-state index contributed by atoms with van der Waals surface area (Å²) in [4.78, 5) is 94.7. The molecule has 0 aromatic carbocycles. The van der Waals surface area contributed by atoms with Crippen molar-refractivity contribution in [3.05, 3.63) is 0 Å². The molecule has 0 aliphatic carbocycles. The molecule has 0 fully saturated rings. The van der Waals surface area contributed by atoms with Crippen LogP contribution in [0.3, 0.4) is 0 Å². The van der Waals surface area contributed by atoms with Crippen LogP contribution in [-0.2, 0) is 38.4 Å². The number of hydrogen-bond acceptors (Lipinski definition) is 8. The number of alkyl halides is 1. The van der Waals surface area contributed by atoms with Crippen LogP contribution in [0.4, 0.5) is 4.39 Å². The van der Waals surface area contributed by atoms with E-state index in [4.69, 9.17) is 15.9 Å².